The highest BCUT2D eigenvalue weighted by molar-refractivity contribution is 8.16. The molecular formula is C27H33N3O5S. The number of thioether (sulfide) groups is 1. The number of hydrogen-bond acceptors (Lipinski definition) is 8. The molecule has 0 aromatic heterocycles. The fraction of sp³-hybridized carbons (Fsp3) is 0.481. The van der Waals surface area contributed by atoms with Crippen molar-refractivity contribution in [3.63, 3.8) is 0 Å². The zero-order valence-electron chi connectivity index (χ0n) is 21.3. The summed E-state index contributed by atoms with van der Waals surface area (Å²) in [5.41, 5.74) is 3.99. The number of nitrogens with zero attached hydrogens (tertiary/aromatic N) is 3. The molecule has 9 heteroatoms. The zero-order chi connectivity index (χ0) is 25.8. The third-order valence-electron chi connectivity index (χ3n) is 6.84. The third kappa shape index (κ3) is 5.07. The van der Waals surface area contributed by atoms with Gasteiger partial charge in [0.15, 0.2) is 5.17 Å². The van der Waals surface area contributed by atoms with Crippen molar-refractivity contribution in [3.05, 3.63) is 57.8 Å². The van der Waals surface area contributed by atoms with Crippen LogP contribution in [0.25, 0.3) is 0 Å². The van der Waals surface area contributed by atoms with Crippen molar-refractivity contribution in [3.8, 4) is 0 Å². The van der Waals surface area contributed by atoms with Gasteiger partial charge in [-0.2, -0.15) is 0 Å². The van der Waals surface area contributed by atoms with E-state index in [0.29, 0.717) is 37.4 Å². The standard InChI is InChI=1S/C27H33N3O5S/c1-5-21-23(26(33)34-4)24(20-12-8-7-10-17(20)3)30-19(16-36-27(30)28-21)14-22(31)29-13-9-11-18(15-29)25(32)35-6-2/h7-8,10,12,16,18,24H,5-6,9,11,13-15H2,1-4H3. The predicted octanol–water partition coefficient (Wildman–Crippen LogP) is 4.32. The number of ether oxygens (including phenoxy) is 2. The summed E-state index contributed by atoms with van der Waals surface area (Å²) in [6.45, 7) is 7.10. The quantitative estimate of drug-likeness (QED) is 0.504. The molecule has 0 spiro atoms. The summed E-state index contributed by atoms with van der Waals surface area (Å²) in [4.78, 5) is 47.3. The molecule has 1 aromatic carbocycles. The second-order valence-corrected chi connectivity index (χ2v) is 9.90. The normalized spacial score (nSPS) is 21.6. The Labute approximate surface area is 216 Å². The Morgan fingerprint density at radius 3 is 2.67 bits per heavy atom. The van der Waals surface area contributed by atoms with E-state index in [9.17, 15) is 14.4 Å². The minimum absolute atomic E-state index is 0.0504. The second kappa shape index (κ2) is 11.3. The van der Waals surface area contributed by atoms with Gasteiger partial charge in [-0.25, -0.2) is 9.79 Å². The van der Waals surface area contributed by atoms with Crippen LogP contribution >= 0.6 is 11.8 Å². The summed E-state index contributed by atoms with van der Waals surface area (Å²) < 4.78 is 10.4. The number of hydrogen-bond donors (Lipinski definition) is 0. The molecule has 1 saturated heterocycles. The van der Waals surface area contributed by atoms with Gasteiger partial charge in [-0.15, -0.1) is 0 Å². The maximum atomic E-state index is 13.4. The van der Waals surface area contributed by atoms with Crippen molar-refractivity contribution in [2.24, 2.45) is 10.9 Å². The Bertz CT molecular complexity index is 1140. The zero-order valence-corrected chi connectivity index (χ0v) is 22.1. The van der Waals surface area contributed by atoms with Gasteiger partial charge in [0.1, 0.15) is 0 Å². The number of fused-ring (bicyclic) bond motifs is 1. The van der Waals surface area contributed by atoms with Crippen LogP contribution in [0.2, 0.25) is 0 Å². The smallest absolute Gasteiger partial charge is 0.338 e. The van der Waals surface area contributed by atoms with Gasteiger partial charge in [0.2, 0.25) is 5.91 Å². The molecule has 0 N–H and O–H groups in total. The minimum atomic E-state index is -0.441. The molecule has 4 rings (SSSR count). The topological polar surface area (TPSA) is 88.5 Å². The largest absolute Gasteiger partial charge is 0.466 e. The molecule has 192 valence electrons. The fourth-order valence-corrected chi connectivity index (χ4v) is 5.96. The molecule has 3 aliphatic heterocycles. The molecule has 1 aromatic rings. The SMILES string of the molecule is CCOC(=O)C1CCCN(C(=O)CC2=CSC3=NC(CC)=C(C(=O)OC)C(c4ccccc4C)N23)C1. The lowest BCUT2D eigenvalue weighted by Crippen LogP contribution is -2.44. The maximum Gasteiger partial charge on any atom is 0.338 e. The molecule has 8 nitrogen and oxygen atoms in total. The highest BCUT2D eigenvalue weighted by Crippen LogP contribution is 2.46. The summed E-state index contributed by atoms with van der Waals surface area (Å²) in [5, 5.41) is 2.70. The van der Waals surface area contributed by atoms with Crippen LogP contribution in [0, 0.1) is 12.8 Å². The first-order valence-corrected chi connectivity index (χ1v) is 13.3. The Kier molecular flexibility index (Phi) is 8.18. The van der Waals surface area contributed by atoms with Crippen molar-refractivity contribution in [1.82, 2.24) is 9.80 Å². The van der Waals surface area contributed by atoms with Crippen LogP contribution in [0.4, 0.5) is 0 Å². The molecule has 3 heterocycles. The Hall–Kier alpha value is -3.07. The number of aliphatic imine (C=N–C) groups is 1. The molecule has 2 unspecified atom stereocenters. The van der Waals surface area contributed by atoms with E-state index in [1.807, 2.05) is 48.4 Å². The van der Waals surface area contributed by atoms with Crippen LogP contribution in [0.5, 0.6) is 0 Å². The first kappa shape index (κ1) is 26.0. The molecule has 1 amide bonds. The van der Waals surface area contributed by atoms with Crippen molar-refractivity contribution < 1.29 is 23.9 Å². The number of amidine groups is 1. The molecule has 0 bridgehead atoms. The highest BCUT2D eigenvalue weighted by atomic mass is 32.2. The van der Waals surface area contributed by atoms with Gasteiger partial charge in [0.25, 0.3) is 0 Å². The highest BCUT2D eigenvalue weighted by Gasteiger charge is 2.42. The van der Waals surface area contributed by atoms with E-state index < -0.39 is 12.0 Å². The number of carbonyl (C=O) groups excluding carboxylic acids is 3. The van der Waals surface area contributed by atoms with Gasteiger partial charge in [0.05, 0.1) is 43.4 Å². The van der Waals surface area contributed by atoms with E-state index in [1.54, 1.807) is 11.8 Å². The summed E-state index contributed by atoms with van der Waals surface area (Å²) in [6, 6.07) is 7.51. The summed E-state index contributed by atoms with van der Waals surface area (Å²) in [5.74, 6) is -0.998. The van der Waals surface area contributed by atoms with Gasteiger partial charge in [-0.1, -0.05) is 43.0 Å². The Balaban J connectivity index is 1.63. The molecule has 1 fully saturated rings. The molecule has 2 atom stereocenters. The first-order valence-electron chi connectivity index (χ1n) is 12.4. The second-order valence-electron chi connectivity index (χ2n) is 9.06. The Morgan fingerprint density at radius 1 is 1.19 bits per heavy atom. The van der Waals surface area contributed by atoms with Crippen molar-refractivity contribution in [2.45, 2.75) is 52.5 Å². The molecular weight excluding hydrogens is 478 g/mol. The number of benzene rings is 1. The number of amides is 1. The van der Waals surface area contributed by atoms with Crippen LogP contribution < -0.4 is 0 Å². The van der Waals surface area contributed by atoms with Gasteiger partial charge in [0, 0.05) is 18.8 Å². The predicted molar refractivity (Wildman–Crippen MR) is 139 cm³/mol. The maximum absolute atomic E-state index is 13.4. The van der Waals surface area contributed by atoms with E-state index in [0.717, 1.165) is 34.8 Å². The molecule has 36 heavy (non-hydrogen) atoms. The lowest BCUT2D eigenvalue weighted by molar-refractivity contribution is -0.151. The number of rotatable bonds is 7. The summed E-state index contributed by atoms with van der Waals surface area (Å²) in [7, 11) is 1.38. The van der Waals surface area contributed by atoms with Crippen LogP contribution in [0.15, 0.2) is 51.6 Å². The van der Waals surface area contributed by atoms with Crippen LogP contribution in [0.3, 0.4) is 0 Å². The van der Waals surface area contributed by atoms with E-state index in [2.05, 4.69) is 0 Å². The molecule has 0 saturated carbocycles. The monoisotopic (exact) mass is 511 g/mol. The van der Waals surface area contributed by atoms with Crippen LogP contribution in [-0.2, 0) is 23.9 Å². The van der Waals surface area contributed by atoms with E-state index >= 15 is 0 Å². The number of carbonyl (C=O) groups is 3. The van der Waals surface area contributed by atoms with Crippen molar-refractivity contribution in [2.75, 3.05) is 26.8 Å². The summed E-state index contributed by atoms with van der Waals surface area (Å²) in [6.07, 6.45) is 2.23. The van der Waals surface area contributed by atoms with Crippen LogP contribution in [0.1, 0.15) is 56.7 Å². The lowest BCUT2D eigenvalue weighted by atomic mass is 9.90. The van der Waals surface area contributed by atoms with Gasteiger partial charge < -0.3 is 19.3 Å². The van der Waals surface area contributed by atoms with Crippen LogP contribution in [-0.4, -0.2) is 59.6 Å². The van der Waals surface area contributed by atoms with E-state index in [4.69, 9.17) is 14.5 Å². The van der Waals surface area contributed by atoms with Crippen molar-refractivity contribution in [1.29, 1.82) is 0 Å². The van der Waals surface area contributed by atoms with Gasteiger partial charge in [-0.3, -0.25) is 9.59 Å². The van der Waals surface area contributed by atoms with E-state index in [-0.39, 0.29) is 24.2 Å². The van der Waals surface area contributed by atoms with Gasteiger partial charge in [-0.05, 0) is 49.6 Å². The van der Waals surface area contributed by atoms with Crippen molar-refractivity contribution >= 4 is 34.8 Å². The number of methoxy groups -OCH3 is 1. The number of esters is 2. The van der Waals surface area contributed by atoms with E-state index in [1.165, 1.54) is 18.9 Å². The first-order chi connectivity index (χ1) is 17.4. The fourth-order valence-electron chi connectivity index (χ4n) is 5.02. The third-order valence-corrected chi connectivity index (χ3v) is 7.73. The average molecular weight is 512 g/mol. The number of allylic oxidation sites excluding steroid dienone is 1. The number of aryl methyl sites for hydroxylation is 1. The molecule has 0 aliphatic carbocycles. The Morgan fingerprint density at radius 2 is 1.97 bits per heavy atom. The van der Waals surface area contributed by atoms with Gasteiger partial charge >= 0.3 is 11.9 Å². The molecule has 0 radical (unpaired) electrons. The number of piperidine rings is 1. The minimum Gasteiger partial charge on any atom is -0.466 e. The lowest BCUT2D eigenvalue weighted by Gasteiger charge is -2.38. The average Bonchev–Trinajstić information content (AvgIpc) is 3.29. The molecule has 3 aliphatic rings. The number of likely N-dealkylation sites (tertiary alicyclic amines) is 1. The summed E-state index contributed by atoms with van der Waals surface area (Å²) >= 11 is 1.46.